The number of hydrogen-bond donors (Lipinski definition) is 2. The molecule has 0 spiro atoms. The summed E-state index contributed by atoms with van der Waals surface area (Å²) >= 11 is 0. The third kappa shape index (κ3) is 3.03. The maximum absolute atomic E-state index is 11.4. The zero-order valence-corrected chi connectivity index (χ0v) is 13.3. The first-order valence-electron chi connectivity index (χ1n) is 6.94. The van der Waals surface area contributed by atoms with E-state index in [9.17, 15) is 4.79 Å². The number of aromatic amines is 1. The Morgan fingerprint density at radius 2 is 1.82 bits per heavy atom. The number of benzene rings is 1. The van der Waals surface area contributed by atoms with Crippen molar-refractivity contribution in [2.24, 2.45) is 0 Å². The van der Waals surface area contributed by atoms with Gasteiger partial charge in [0.15, 0.2) is 0 Å². The van der Waals surface area contributed by atoms with E-state index in [1.54, 1.807) is 6.20 Å². The average Bonchev–Trinajstić information content (AvgIpc) is 2.53. The van der Waals surface area contributed by atoms with Crippen molar-refractivity contribution < 1.29 is 0 Å². The maximum Gasteiger partial charge on any atom is 0.249 e. The summed E-state index contributed by atoms with van der Waals surface area (Å²) in [5, 5.41) is 4.18. The second-order valence-corrected chi connectivity index (χ2v) is 5.08. The van der Waals surface area contributed by atoms with Crippen LogP contribution in [-0.2, 0) is 0 Å². The van der Waals surface area contributed by atoms with Crippen molar-refractivity contribution in [2.75, 3.05) is 7.05 Å². The van der Waals surface area contributed by atoms with Gasteiger partial charge in [-0.3, -0.25) is 4.79 Å². The van der Waals surface area contributed by atoms with Crippen molar-refractivity contribution in [3.05, 3.63) is 64.6 Å². The van der Waals surface area contributed by atoms with Crippen LogP contribution in [-0.4, -0.2) is 17.0 Å². The lowest BCUT2D eigenvalue weighted by Crippen LogP contribution is -2.11. The zero-order valence-electron chi connectivity index (χ0n) is 12.5. The van der Waals surface area contributed by atoms with E-state index in [0.29, 0.717) is 11.7 Å². The smallest absolute Gasteiger partial charge is 0.249 e. The van der Waals surface area contributed by atoms with Gasteiger partial charge in [0.1, 0.15) is 5.65 Å². The topological polar surface area (TPSA) is 57.8 Å². The summed E-state index contributed by atoms with van der Waals surface area (Å²) in [7, 11) is 1.95. The minimum absolute atomic E-state index is 0. The van der Waals surface area contributed by atoms with Gasteiger partial charge in [0.2, 0.25) is 5.56 Å². The number of aromatic nitrogens is 2. The monoisotopic (exact) mass is 315 g/mol. The second kappa shape index (κ2) is 6.73. The van der Waals surface area contributed by atoms with Crippen LogP contribution in [0.25, 0.3) is 22.2 Å². The molecule has 0 radical (unpaired) electrons. The Kier molecular flexibility index (Phi) is 4.96. The molecule has 0 amide bonds. The average molecular weight is 316 g/mol. The van der Waals surface area contributed by atoms with Crippen LogP contribution in [0.4, 0.5) is 0 Å². The standard InChI is InChI=1S/C17H17N3O.ClH/c1-11(18-2)12-3-5-13(6-4-12)14-9-10-19-17-15(14)7-8-16(21)20-17;/h3-11,18H,1-2H3,(H,19,20,21);1H/t11-;/m1./s1. The number of fused-ring (bicyclic) bond motifs is 1. The summed E-state index contributed by atoms with van der Waals surface area (Å²) in [5.41, 5.74) is 3.91. The Bertz CT molecular complexity index is 827. The predicted octanol–water partition coefficient (Wildman–Crippen LogP) is 3.29. The molecule has 0 aliphatic carbocycles. The molecule has 1 atom stereocenters. The van der Waals surface area contributed by atoms with Gasteiger partial charge in [0.25, 0.3) is 0 Å². The molecule has 1 aromatic carbocycles. The largest absolute Gasteiger partial charge is 0.313 e. The van der Waals surface area contributed by atoms with Gasteiger partial charge in [-0.15, -0.1) is 12.4 Å². The Hall–Kier alpha value is -2.17. The molecule has 114 valence electrons. The van der Waals surface area contributed by atoms with Crippen molar-refractivity contribution in [1.82, 2.24) is 15.3 Å². The molecule has 4 nitrogen and oxygen atoms in total. The van der Waals surface area contributed by atoms with Crippen molar-refractivity contribution in [2.45, 2.75) is 13.0 Å². The van der Waals surface area contributed by atoms with Crippen molar-refractivity contribution in [3.63, 3.8) is 0 Å². The Balaban J connectivity index is 0.00000176. The number of nitrogens with zero attached hydrogens (tertiary/aromatic N) is 1. The fourth-order valence-electron chi connectivity index (χ4n) is 2.43. The molecule has 5 heteroatoms. The molecule has 2 N–H and O–H groups in total. The number of halogens is 1. The van der Waals surface area contributed by atoms with E-state index >= 15 is 0 Å². The SMILES string of the molecule is CN[C@H](C)c1ccc(-c2ccnc3[nH]c(=O)ccc23)cc1.Cl. The molecular weight excluding hydrogens is 298 g/mol. The molecule has 2 aromatic heterocycles. The summed E-state index contributed by atoms with van der Waals surface area (Å²) in [4.78, 5) is 18.4. The number of rotatable bonds is 3. The highest BCUT2D eigenvalue weighted by Crippen LogP contribution is 2.27. The molecule has 0 saturated carbocycles. The molecule has 2 heterocycles. The van der Waals surface area contributed by atoms with E-state index < -0.39 is 0 Å². The van der Waals surface area contributed by atoms with Gasteiger partial charge in [-0.25, -0.2) is 4.98 Å². The third-order valence-electron chi connectivity index (χ3n) is 3.79. The van der Waals surface area contributed by atoms with E-state index in [-0.39, 0.29) is 18.0 Å². The Labute approximate surface area is 135 Å². The van der Waals surface area contributed by atoms with Gasteiger partial charge >= 0.3 is 0 Å². The van der Waals surface area contributed by atoms with Crippen molar-refractivity contribution in [1.29, 1.82) is 0 Å². The van der Waals surface area contributed by atoms with E-state index in [1.807, 2.05) is 19.2 Å². The van der Waals surface area contributed by atoms with Gasteiger partial charge in [0, 0.05) is 23.7 Å². The second-order valence-electron chi connectivity index (χ2n) is 5.08. The first-order chi connectivity index (χ1) is 10.2. The van der Waals surface area contributed by atoms with E-state index in [1.165, 1.54) is 11.6 Å². The van der Waals surface area contributed by atoms with Crippen LogP contribution in [0, 0.1) is 0 Å². The van der Waals surface area contributed by atoms with E-state index in [2.05, 4.69) is 46.5 Å². The minimum atomic E-state index is -0.134. The fraction of sp³-hybridized carbons (Fsp3) is 0.176. The Morgan fingerprint density at radius 1 is 1.09 bits per heavy atom. The van der Waals surface area contributed by atoms with Crippen LogP contribution in [0.5, 0.6) is 0 Å². The van der Waals surface area contributed by atoms with Gasteiger partial charge < -0.3 is 10.3 Å². The summed E-state index contributed by atoms with van der Waals surface area (Å²) in [5.74, 6) is 0. The fourth-order valence-corrected chi connectivity index (χ4v) is 2.43. The molecular formula is C17H18ClN3O. The number of pyridine rings is 2. The van der Waals surface area contributed by atoms with E-state index in [4.69, 9.17) is 0 Å². The molecule has 0 fully saturated rings. The van der Waals surface area contributed by atoms with Crippen LogP contribution >= 0.6 is 12.4 Å². The van der Waals surface area contributed by atoms with Crippen LogP contribution in [0.1, 0.15) is 18.5 Å². The molecule has 22 heavy (non-hydrogen) atoms. The first-order valence-corrected chi connectivity index (χ1v) is 6.94. The number of hydrogen-bond acceptors (Lipinski definition) is 3. The lowest BCUT2D eigenvalue weighted by molar-refractivity contribution is 0.652. The summed E-state index contributed by atoms with van der Waals surface area (Å²) in [6.45, 7) is 2.13. The van der Waals surface area contributed by atoms with Crippen LogP contribution < -0.4 is 10.9 Å². The third-order valence-corrected chi connectivity index (χ3v) is 3.79. The van der Waals surface area contributed by atoms with Crippen LogP contribution in [0.3, 0.4) is 0 Å². The van der Waals surface area contributed by atoms with Gasteiger partial charge in [-0.05, 0) is 42.8 Å². The lowest BCUT2D eigenvalue weighted by Gasteiger charge is -2.12. The predicted molar refractivity (Wildman–Crippen MR) is 92.5 cm³/mol. The van der Waals surface area contributed by atoms with Crippen molar-refractivity contribution in [3.8, 4) is 11.1 Å². The molecule has 0 saturated heterocycles. The molecule has 0 bridgehead atoms. The molecule has 0 aliphatic heterocycles. The molecule has 3 rings (SSSR count). The molecule has 3 aromatic rings. The normalized spacial score (nSPS) is 11.9. The zero-order chi connectivity index (χ0) is 14.8. The highest BCUT2D eigenvalue weighted by Gasteiger charge is 2.07. The number of nitrogens with one attached hydrogen (secondary N) is 2. The molecule has 0 unspecified atom stereocenters. The van der Waals surface area contributed by atoms with Crippen LogP contribution in [0.2, 0.25) is 0 Å². The van der Waals surface area contributed by atoms with E-state index in [0.717, 1.165) is 16.5 Å². The van der Waals surface area contributed by atoms with Crippen molar-refractivity contribution >= 4 is 23.4 Å². The van der Waals surface area contributed by atoms with Crippen LogP contribution in [0.15, 0.2) is 53.5 Å². The summed E-state index contributed by atoms with van der Waals surface area (Å²) in [6.07, 6.45) is 1.72. The van der Waals surface area contributed by atoms with Gasteiger partial charge in [-0.2, -0.15) is 0 Å². The summed E-state index contributed by atoms with van der Waals surface area (Å²) in [6, 6.07) is 14.1. The number of H-pyrrole nitrogens is 1. The van der Waals surface area contributed by atoms with Gasteiger partial charge in [0.05, 0.1) is 0 Å². The maximum atomic E-state index is 11.4. The summed E-state index contributed by atoms with van der Waals surface area (Å²) < 4.78 is 0. The lowest BCUT2D eigenvalue weighted by atomic mass is 10.00. The highest BCUT2D eigenvalue weighted by molar-refractivity contribution is 5.92. The molecule has 0 aliphatic rings. The van der Waals surface area contributed by atoms with Gasteiger partial charge in [-0.1, -0.05) is 24.3 Å². The first kappa shape index (κ1) is 16.2. The minimum Gasteiger partial charge on any atom is -0.313 e. The Morgan fingerprint density at radius 3 is 2.50 bits per heavy atom. The quantitative estimate of drug-likeness (QED) is 0.779. The highest BCUT2D eigenvalue weighted by atomic mass is 35.5.